The van der Waals surface area contributed by atoms with Gasteiger partial charge in [0, 0.05) is 32.0 Å². The smallest absolute Gasteiger partial charge is 0.314 e. The molecule has 0 fully saturated rings. The molecular weight excluding hydrogens is 316 g/mol. The van der Waals surface area contributed by atoms with Crippen LogP contribution in [0.4, 0.5) is 4.79 Å². The number of urea groups is 1. The van der Waals surface area contributed by atoms with Crippen LogP contribution >= 0.6 is 0 Å². The van der Waals surface area contributed by atoms with Crippen molar-refractivity contribution in [3.63, 3.8) is 0 Å². The zero-order chi connectivity index (χ0) is 18.2. The van der Waals surface area contributed by atoms with Crippen LogP contribution in [0, 0.1) is 0 Å². The Morgan fingerprint density at radius 1 is 1.20 bits per heavy atom. The Labute approximate surface area is 149 Å². The van der Waals surface area contributed by atoms with Crippen LogP contribution < -0.4 is 15.4 Å². The van der Waals surface area contributed by atoms with Crippen molar-refractivity contribution < 1.29 is 9.53 Å². The second-order valence-electron chi connectivity index (χ2n) is 6.26. The summed E-state index contributed by atoms with van der Waals surface area (Å²) in [5, 5.41) is 5.87. The first-order valence-corrected chi connectivity index (χ1v) is 8.43. The van der Waals surface area contributed by atoms with Gasteiger partial charge >= 0.3 is 6.03 Å². The minimum absolute atomic E-state index is 0.132. The molecule has 2 aromatic rings. The minimum Gasteiger partial charge on any atom is -0.497 e. The molecule has 25 heavy (non-hydrogen) atoms. The van der Waals surface area contributed by atoms with Crippen molar-refractivity contribution in [2.75, 3.05) is 34.3 Å². The van der Waals surface area contributed by atoms with Gasteiger partial charge in [-0.2, -0.15) is 0 Å². The van der Waals surface area contributed by atoms with Gasteiger partial charge in [-0.3, -0.25) is 4.90 Å². The predicted molar refractivity (Wildman–Crippen MR) is 99.9 cm³/mol. The van der Waals surface area contributed by atoms with Gasteiger partial charge in [0.25, 0.3) is 0 Å². The third kappa shape index (κ3) is 5.53. The number of amides is 2. The number of hydrogen-bond acceptors (Lipinski definition) is 3. The van der Waals surface area contributed by atoms with Crippen LogP contribution in [0.15, 0.2) is 42.6 Å². The highest BCUT2D eigenvalue weighted by molar-refractivity contribution is 5.73. The number of aryl methyl sites for hydroxylation is 1. The molecule has 0 aliphatic carbocycles. The van der Waals surface area contributed by atoms with E-state index in [1.807, 2.05) is 57.7 Å². The van der Waals surface area contributed by atoms with E-state index in [-0.39, 0.29) is 12.1 Å². The number of rotatable bonds is 8. The molecule has 1 atom stereocenters. The monoisotopic (exact) mass is 344 g/mol. The molecule has 2 rings (SSSR count). The summed E-state index contributed by atoms with van der Waals surface area (Å²) in [7, 11) is 7.69. The van der Waals surface area contributed by atoms with Gasteiger partial charge in [0.05, 0.1) is 13.2 Å². The lowest BCUT2D eigenvalue weighted by Crippen LogP contribution is -2.41. The quantitative estimate of drug-likeness (QED) is 0.772. The molecule has 0 bridgehead atoms. The maximum Gasteiger partial charge on any atom is 0.314 e. The van der Waals surface area contributed by atoms with Crippen LogP contribution in [0.2, 0.25) is 0 Å². The molecular formula is C19H28N4O2. The summed E-state index contributed by atoms with van der Waals surface area (Å²) in [4.78, 5) is 14.2. The minimum atomic E-state index is -0.144. The highest BCUT2D eigenvalue weighted by atomic mass is 16.5. The summed E-state index contributed by atoms with van der Waals surface area (Å²) in [6, 6.07) is 12.0. The van der Waals surface area contributed by atoms with Crippen molar-refractivity contribution >= 4 is 6.03 Å². The number of ether oxygens (including phenoxy) is 1. The van der Waals surface area contributed by atoms with Gasteiger partial charge in [0.15, 0.2) is 0 Å². The van der Waals surface area contributed by atoms with Crippen LogP contribution in [-0.2, 0) is 13.5 Å². The first kappa shape index (κ1) is 18.9. The van der Waals surface area contributed by atoms with Crippen LogP contribution in [0.3, 0.4) is 0 Å². The zero-order valence-electron chi connectivity index (χ0n) is 15.5. The van der Waals surface area contributed by atoms with Gasteiger partial charge < -0.3 is 19.9 Å². The molecule has 0 aliphatic rings. The highest BCUT2D eigenvalue weighted by Gasteiger charge is 2.17. The fourth-order valence-electron chi connectivity index (χ4n) is 2.74. The molecule has 1 aromatic carbocycles. The lowest BCUT2D eigenvalue weighted by Gasteiger charge is -2.25. The number of nitrogens with one attached hydrogen (secondary N) is 2. The van der Waals surface area contributed by atoms with E-state index in [9.17, 15) is 4.79 Å². The number of likely N-dealkylation sites (N-methyl/N-ethyl adjacent to an activating group) is 1. The standard InChI is InChI=1S/C19H28N4O2/c1-22(2)18(17-6-5-13-23(17)3)14-21-19(24)20-12-11-15-7-9-16(25-4)10-8-15/h5-10,13,18H,11-12,14H2,1-4H3,(H2,20,21,24)/t18-/m1/s1. The van der Waals surface area contributed by atoms with E-state index < -0.39 is 0 Å². The summed E-state index contributed by atoms with van der Waals surface area (Å²) in [6.45, 7) is 1.15. The summed E-state index contributed by atoms with van der Waals surface area (Å²) in [5.74, 6) is 0.838. The average molecular weight is 344 g/mol. The molecule has 1 aromatic heterocycles. The molecule has 6 heteroatoms. The molecule has 0 spiro atoms. The summed E-state index contributed by atoms with van der Waals surface area (Å²) < 4.78 is 7.22. The Bertz CT molecular complexity index is 664. The van der Waals surface area contributed by atoms with Crippen molar-refractivity contribution in [2.24, 2.45) is 7.05 Å². The maximum atomic E-state index is 12.0. The highest BCUT2D eigenvalue weighted by Crippen LogP contribution is 2.17. The number of hydrogen-bond donors (Lipinski definition) is 2. The number of benzene rings is 1. The number of nitrogens with zero attached hydrogens (tertiary/aromatic N) is 2. The van der Waals surface area contributed by atoms with E-state index in [0.717, 1.165) is 17.7 Å². The van der Waals surface area contributed by atoms with Crippen molar-refractivity contribution in [1.29, 1.82) is 0 Å². The largest absolute Gasteiger partial charge is 0.497 e. The fourth-order valence-corrected chi connectivity index (χ4v) is 2.74. The third-order valence-corrected chi connectivity index (χ3v) is 4.26. The van der Waals surface area contributed by atoms with Crippen molar-refractivity contribution in [3.8, 4) is 5.75 Å². The fraction of sp³-hybridized carbons (Fsp3) is 0.421. The molecule has 2 N–H and O–H groups in total. The molecule has 0 saturated carbocycles. The van der Waals surface area contributed by atoms with Crippen LogP contribution in [0.1, 0.15) is 17.3 Å². The molecule has 136 valence electrons. The molecule has 1 heterocycles. The van der Waals surface area contributed by atoms with Gasteiger partial charge in [-0.1, -0.05) is 12.1 Å². The Morgan fingerprint density at radius 3 is 2.48 bits per heavy atom. The normalized spacial score (nSPS) is 12.0. The Kier molecular flexibility index (Phi) is 6.89. The Hall–Kier alpha value is -2.47. The first-order valence-electron chi connectivity index (χ1n) is 8.43. The van der Waals surface area contributed by atoms with Gasteiger partial charge in [-0.15, -0.1) is 0 Å². The Balaban J connectivity index is 1.76. The van der Waals surface area contributed by atoms with Crippen molar-refractivity contribution in [3.05, 3.63) is 53.9 Å². The van der Waals surface area contributed by atoms with Crippen LogP contribution in [0.5, 0.6) is 5.75 Å². The third-order valence-electron chi connectivity index (χ3n) is 4.26. The second-order valence-corrected chi connectivity index (χ2v) is 6.26. The van der Waals surface area contributed by atoms with E-state index in [2.05, 4.69) is 26.2 Å². The van der Waals surface area contributed by atoms with Crippen molar-refractivity contribution in [2.45, 2.75) is 12.5 Å². The molecule has 0 saturated heterocycles. The maximum absolute atomic E-state index is 12.0. The topological polar surface area (TPSA) is 58.5 Å². The molecule has 0 unspecified atom stereocenters. The van der Waals surface area contributed by atoms with E-state index in [1.54, 1.807) is 7.11 Å². The predicted octanol–water partition coefficient (Wildman–Crippen LogP) is 2.18. The van der Waals surface area contributed by atoms with Crippen LogP contribution in [0.25, 0.3) is 0 Å². The first-order chi connectivity index (χ1) is 12.0. The summed E-state index contributed by atoms with van der Waals surface area (Å²) in [5.41, 5.74) is 2.33. The van der Waals surface area contributed by atoms with Crippen molar-refractivity contribution in [1.82, 2.24) is 20.1 Å². The zero-order valence-corrected chi connectivity index (χ0v) is 15.5. The second kappa shape index (κ2) is 9.13. The lowest BCUT2D eigenvalue weighted by atomic mass is 10.1. The average Bonchev–Trinajstić information content (AvgIpc) is 3.01. The number of carbonyl (C=O) groups excluding carboxylic acids is 1. The van der Waals surface area contributed by atoms with E-state index >= 15 is 0 Å². The summed E-state index contributed by atoms with van der Waals surface area (Å²) in [6.07, 6.45) is 2.80. The Morgan fingerprint density at radius 2 is 1.92 bits per heavy atom. The lowest BCUT2D eigenvalue weighted by molar-refractivity contribution is 0.231. The number of carbonyl (C=O) groups is 1. The van der Waals surface area contributed by atoms with E-state index in [1.165, 1.54) is 5.69 Å². The molecule has 0 aliphatic heterocycles. The van der Waals surface area contributed by atoms with E-state index in [0.29, 0.717) is 13.1 Å². The van der Waals surface area contributed by atoms with Crippen LogP contribution in [-0.4, -0.2) is 49.8 Å². The molecule has 2 amide bonds. The number of aromatic nitrogens is 1. The number of methoxy groups -OCH3 is 1. The molecule has 6 nitrogen and oxygen atoms in total. The SMILES string of the molecule is COc1ccc(CCNC(=O)NC[C@H](c2cccn2C)N(C)C)cc1. The van der Waals surface area contributed by atoms with Gasteiger partial charge in [0.1, 0.15) is 5.75 Å². The van der Waals surface area contributed by atoms with E-state index in [4.69, 9.17) is 4.74 Å². The van der Waals surface area contributed by atoms with Gasteiger partial charge in [-0.25, -0.2) is 4.79 Å². The summed E-state index contributed by atoms with van der Waals surface area (Å²) >= 11 is 0. The van der Waals surface area contributed by atoms with Gasteiger partial charge in [0.2, 0.25) is 0 Å². The molecule has 0 radical (unpaired) electrons. The van der Waals surface area contributed by atoms with Gasteiger partial charge in [-0.05, 0) is 50.3 Å².